The van der Waals surface area contributed by atoms with E-state index in [-0.39, 0.29) is 5.41 Å². The zero-order valence-electron chi connectivity index (χ0n) is 12.0. The Balaban J connectivity index is 2.31. The molecule has 0 amide bonds. The lowest BCUT2D eigenvalue weighted by atomic mass is 9.86. The van der Waals surface area contributed by atoms with Crippen LogP contribution in [0.25, 0.3) is 0 Å². The van der Waals surface area contributed by atoms with Crippen LogP contribution in [0.5, 0.6) is 0 Å². The molecular formula is C17H20ClNO. The van der Waals surface area contributed by atoms with E-state index in [4.69, 9.17) is 17.3 Å². The summed E-state index contributed by atoms with van der Waals surface area (Å²) in [6.45, 7) is 6.49. The van der Waals surface area contributed by atoms with E-state index in [9.17, 15) is 5.11 Å². The van der Waals surface area contributed by atoms with Crippen molar-refractivity contribution in [2.75, 3.05) is 5.73 Å². The Bertz CT molecular complexity index is 599. The fourth-order valence-electron chi connectivity index (χ4n) is 2.14. The molecule has 0 fully saturated rings. The predicted molar refractivity (Wildman–Crippen MR) is 85.1 cm³/mol. The molecule has 0 saturated heterocycles. The van der Waals surface area contributed by atoms with Crippen LogP contribution in [-0.2, 0) is 5.41 Å². The van der Waals surface area contributed by atoms with Gasteiger partial charge in [-0.2, -0.15) is 0 Å². The number of aliphatic hydroxyl groups is 1. The maximum Gasteiger partial charge on any atom is 0.106 e. The van der Waals surface area contributed by atoms with E-state index < -0.39 is 6.10 Å². The van der Waals surface area contributed by atoms with Crippen LogP contribution < -0.4 is 5.73 Å². The van der Waals surface area contributed by atoms with Crippen molar-refractivity contribution in [2.45, 2.75) is 32.3 Å². The van der Waals surface area contributed by atoms with Gasteiger partial charge in [-0.05, 0) is 28.7 Å². The molecule has 0 aliphatic rings. The molecule has 20 heavy (non-hydrogen) atoms. The quantitative estimate of drug-likeness (QED) is 0.810. The standard InChI is InChI=1S/C17H20ClNO/c1-17(2,3)12-6-4-11(5-7-12)16(20)14-9-8-13(18)10-15(14)19/h4-10,16,20H,19H2,1-3H3. The Kier molecular flexibility index (Phi) is 4.07. The minimum atomic E-state index is -0.735. The first-order valence-corrected chi connectivity index (χ1v) is 7.00. The molecule has 0 radical (unpaired) electrons. The van der Waals surface area contributed by atoms with Crippen LogP contribution in [0.4, 0.5) is 5.69 Å². The molecule has 0 bridgehead atoms. The molecule has 0 heterocycles. The molecule has 1 unspecified atom stereocenters. The summed E-state index contributed by atoms with van der Waals surface area (Å²) in [5.74, 6) is 0. The molecule has 0 aliphatic heterocycles. The number of halogens is 1. The zero-order valence-corrected chi connectivity index (χ0v) is 12.8. The summed E-state index contributed by atoms with van der Waals surface area (Å²) >= 11 is 5.88. The first-order valence-electron chi connectivity index (χ1n) is 6.62. The van der Waals surface area contributed by atoms with E-state index in [1.165, 1.54) is 5.56 Å². The molecule has 3 heteroatoms. The third-order valence-electron chi connectivity index (χ3n) is 3.44. The highest BCUT2D eigenvalue weighted by atomic mass is 35.5. The Hall–Kier alpha value is -1.51. The number of hydrogen-bond donors (Lipinski definition) is 2. The van der Waals surface area contributed by atoms with Gasteiger partial charge in [0.15, 0.2) is 0 Å². The van der Waals surface area contributed by atoms with Crippen molar-refractivity contribution in [3.63, 3.8) is 0 Å². The van der Waals surface area contributed by atoms with E-state index in [0.29, 0.717) is 16.3 Å². The highest BCUT2D eigenvalue weighted by Crippen LogP contribution is 2.30. The first kappa shape index (κ1) is 14.9. The Morgan fingerprint density at radius 2 is 1.65 bits per heavy atom. The topological polar surface area (TPSA) is 46.2 Å². The van der Waals surface area contributed by atoms with Gasteiger partial charge in [0.05, 0.1) is 0 Å². The Labute approximate surface area is 125 Å². The monoisotopic (exact) mass is 289 g/mol. The molecule has 2 aromatic carbocycles. The largest absolute Gasteiger partial charge is 0.398 e. The van der Waals surface area contributed by atoms with Gasteiger partial charge in [-0.25, -0.2) is 0 Å². The number of benzene rings is 2. The second-order valence-electron chi connectivity index (χ2n) is 6.05. The van der Waals surface area contributed by atoms with Crippen LogP contribution in [0.2, 0.25) is 5.02 Å². The molecule has 3 N–H and O–H groups in total. The molecule has 0 aromatic heterocycles. The maximum absolute atomic E-state index is 10.4. The predicted octanol–water partition coefficient (Wildman–Crippen LogP) is 4.30. The van der Waals surface area contributed by atoms with Gasteiger partial charge in [0.2, 0.25) is 0 Å². The van der Waals surface area contributed by atoms with E-state index in [1.807, 2.05) is 24.3 Å². The molecule has 0 saturated carbocycles. The number of nitrogen functional groups attached to an aromatic ring is 1. The summed E-state index contributed by atoms with van der Waals surface area (Å²) in [7, 11) is 0. The van der Waals surface area contributed by atoms with Gasteiger partial charge >= 0.3 is 0 Å². The first-order chi connectivity index (χ1) is 9.29. The molecule has 2 aromatic rings. The number of nitrogens with two attached hydrogens (primary N) is 1. The smallest absolute Gasteiger partial charge is 0.106 e. The molecule has 0 spiro atoms. The van der Waals surface area contributed by atoms with Crippen molar-refractivity contribution in [2.24, 2.45) is 0 Å². The lowest BCUT2D eigenvalue weighted by Gasteiger charge is -2.20. The third-order valence-corrected chi connectivity index (χ3v) is 3.67. The minimum absolute atomic E-state index is 0.1000. The van der Waals surface area contributed by atoms with E-state index >= 15 is 0 Å². The SMILES string of the molecule is CC(C)(C)c1ccc(C(O)c2ccc(Cl)cc2N)cc1. The zero-order chi connectivity index (χ0) is 14.9. The summed E-state index contributed by atoms with van der Waals surface area (Å²) < 4.78 is 0. The van der Waals surface area contributed by atoms with Gasteiger partial charge in [-0.1, -0.05) is 62.7 Å². The van der Waals surface area contributed by atoms with Crippen molar-refractivity contribution < 1.29 is 5.11 Å². The van der Waals surface area contributed by atoms with E-state index in [2.05, 4.69) is 20.8 Å². The van der Waals surface area contributed by atoms with Gasteiger partial charge in [-0.3, -0.25) is 0 Å². The average molecular weight is 290 g/mol. The number of hydrogen-bond acceptors (Lipinski definition) is 2. The lowest BCUT2D eigenvalue weighted by Crippen LogP contribution is -2.11. The van der Waals surface area contributed by atoms with Gasteiger partial charge in [-0.15, -0.1) is 0 Å². The molecular weight excluding hydrogens is 270 g/mol. The van der Waals surface area contributed by atoms with E-state index in [1.54, 1.807) is 18.2 Å². The second-order valence-corrected chi connectivity index (χ2v) is 6.48. The van der Waals surface area contributed by atoms with Crippen molar-refractivity contribution in [1.82, 2.24) is 0 Å². The number of anilines is 1. The van der Waals surface area contributed by atoms with Crippen molar-refractivity contribution in [3.8, 4) is 0 Å². The Morgan fingerprint density at radius 1 is 1.05 bits per heavy atom. The fourth-order valence-corrected chi connectivity index (χ4v) is 2.32. The highest BCUT2D eigenvalue weighted by Gasteiger charge is 2.16. The van der Waals surface area contributed by atoms with Crippen molar-refractivity contribution in [1.29, 1.82) is 0 Å². The average Bonchev–Trinajstić information content (AvgIpc) is 2.37. The van der Waals surface area contributed by atoms with Crippen LogP contribution in [0.3, 0.4) is 0 Å². The maximum atomic E-state index is 10.4. The lowest BCUT2D eigenvalue weighted by molar-refractivity contribution is 0.221. The Morgan fingerprint density at radius 3 is 2.15 bits per heavy atom. The van der Waals surface area contributed by atoms with Crippen LogP contribution in [-0.4, -0.2) is 5.11 Å². The van der Waals surface area contributed by atoms with Gasteiger partial charge < -0.3 is 10.8 Å². The van der Waals surface area contributed by atoms with Crippen LogP contribution >= 0.6 is 11.6 Å². The second kappa shape index (κ2) is 5.47. The summed E-state index contributed by atoms with van der Waals surface area (Å²) in [6, 6.07) is 13.1. The molecule has 2 nitrogen and oxygen atoms in total. The summed E-state index contributed by atoms with van der Waals surface area (Å²) in [5, 5.41) is 11.0. The van der Waals surface area contributed by atoms with Crippen molar-refractivity contribution in [3.05, 3.63) is 64.2 Å². The third kappa shape index (κ3) is 3.14. The summed E-state index contributed by atoms with van der Waals surface area (Å²) in [6.07, 6.45) is -0.735. The van der Waals surface area contributed by atoms with Crippen LogP contribution in [0.15, 0.2) is 42.5 Å². The van der Waals surface area contributed by atoms with Crippen molar-refractivity contribution >= 4 is 17.3 Å². The fraction of sp³-hybridized carbons (Fsp3) is 0.294. The number of rotatable bonds is 2. The molecule has 106 valence electrons. The van der Waals surface area contributed by atoms with Crippen LogP contribution in [0.1, 0.15) is 43.6 Å². The van der Waals surface area contributed by atoms with Gasteiger partial charge in [0, 0.05) is 16.3 Å². The van der Waals surface area contributed by atoms with Crippen LogP contribution in [0, 0.1) is 0 Å². The highest BCUT2D eigenvalue weighted by molar-refractivity contribution is 6.30. The van der Waals surface area contributed by atoms with Gasteiger partial charge in [0.25, 0.3) is 0 Å². The summed E-state index contributed by atoms with van der Waals surface area (Å²) in [4.78, 5) is 0. The summed E-state index contributed by atoms with van der Waals surface area (Å²) in [5.41, 5.74) is 9.26. The molecule has 0 aliphatic carbocycles. The molecule has 2 rings (SSSR count). The minimum Gasteiger partial charge on any atom is -0.398 e. The number of aliphatic hydroxyl groups excluding tert-OH is 1. The normalized spacial score (nSPS) is 13.2. The molecule has 1 atom stereocenters. The van der Waals surface area contributed by atoms with E-state index in [0.717, 1.165) is 5.56 Å². The van der Waals surface area contributed by atoms with Gasteiger partial charge in [0.1, 0.15) is 6.10 Å².